The molecular formula is C26H25FN6O3. The molecule has 5 rings (SSSR count). The number of hydrogen-bond donors (Lipinski definition) is 3. The van der Waals surface area contributed by atoms with Crippen LogP contribution in [0.2, 0.25) is 0 Å². The molecule has 9 nitrogen and oxygen atoms in total. The number of anilines is 3. The second-order valence-electron chi connectivity index (χ2n) is 8.74. The van der Waals surface area contributed by atoms with Crippen molar-refractivity contribution < 1.29 is 19.0 Å². The van der Waals surface area contributed by atoms with Gasteiger partial charge in [-0.25, -0.2) is 14.4 Å². The summed E-state index contributed by atoms with van der Waals surface area (Å²) in [5.41, 5.74) is 2.67. The van der Waals surface area contributed by atoms with Gasteiger partial charge in [-0.3, -0.25) is 4.79 Å². The Labute approximate surface area is 207 Å². The van der Waals surface area contributed by atoms with Crippen LogP contribution in [0.3, 0.4) is 0 Å². The Balaban J connectivity index is 1.43. The van der Waals surface area contributed by atoms with E-state index in [0.29, 0.717) is 42.3 Å². The van der Waals surface area contributed by atoms with Crippen LogP contribution in [0.5, 0.6) is 0 Å². The van der Waals surface area contributed by atoms with Crippen molar-refractivity contribution in [2.75, 3.05) is 29.9 Å². The van der Waals surface area contributed by atoms with E-state index in [0.717, 1.165) is 12.2 Å². The molecule has 10 heteroatoms. The van der Waals surface area contributed by atoms with Crippen molar-refractivity contribution >= 4 is 23.1 Å². The zero-order valence-electron chi connectivity index (χ0n) is 19.7. The first-order valence-corrected chi connectivity index (χ1v) is 11.8. The van der Waals surface area contributed by atoms with E-state index in [1.165, 1.54) is 18.2 Å². The van der Waals surface area contributed by atoms with Crippen molar-refractivity contribution in [1.82, 2.24) is 15.3 Å². The molecule has 2 aliphatic rings. The van der Waals surface area contributed by atoms with Crippen LogP contribution in [0, 0.1) is 17.1 Å². The summed E-state index contributed by atoms with van der Waals surface area (Å²) in [4.78, 5) is 23.6. The summed E-state index contributed by atoms with van der Waals surface area (Å²) in [6.45, 7) is 4.00. The molecule has 36 heavy (non-hydrogen) atoms. The first-order chi connectivity index (χ1) is 17.5. The minimum atomic E-state index is -0.564. The fraction of sp³-hybridized carbons (Fsp3) is 0.308. The van der Waals surface area contributed by atoms with Crippen molar-refractivity contribution in [3.8, 4) is 17.3 Å². The lowest BCUT2D eigenvalue weighted by Gasteiger charge is -2.25. The molecule has 1 fully saturated rings. The summed E-state index contributed by atoms with van der Waals surface area (Å²) in [5.74, 6) is -0.353. The molecule has 2 atom stereocenters. The van der Waals surface area contributed by atoms with Crippen LogP contribution in [0.1, 0.15) is 35.0 Å². The molecule has 0 spiro atoms. The lowest BCUT2D eigenvalue weighted by molar-refractivity contribution is 0.0916. The van der Waals surface area contributed by atoms with Gasteiger partial charge in [0.05, 0.1) is 77.1 Å². The molecule has 0 saturated carbocycles. The van der Waals surface area contributed by atoms with Crippen molar-refractivity contribution in [2.24, 2.45) is 0 Å². The predicted octanol–water partition coefficient (Wildman–Crippen LogP) is 3.12. The second kappa shape index (κ2) is 9.89. The van der Waals surface area contributed by atoms with E-state index in [-0.39, 0.29) is 35.4 Å². The van der Waals surface area contributed by atoms with Crippen LogP contribution in [0.4, 0.5) is 21.6 Å². The number of nitrogens with one attached hydrogen (secondary N) is 2. The van der Waals surface area contributed by atoms with E-state index in [2.05, 4.69) is 25.5 Å². The maximum Gasteiger partial charge on any atom is 0.255 e. The summed E-state index contributed by atoms with van der Waals surface area (Å²) in [6, 6.07) is 11.6. The molecule has 4 heterocycles. The number of aromatic nitrogens is 2. The van der Waals surface area contributed by atoms with Crippen LogP contribution in [-0.4, -0.2) is 52.9 Å². The minimum Gasteiger partial charge on any atom is -0.391 e. The maximum absolute atomic E-state index is 14.7. The van der Waals surface area contributed by atoms with Crippen molar-refractivity contribution in [1.29, 1.82) is 5.26 Å². The number of rotatable bonds is 7. The lowest BCUT2D eigenvalue weighted by atomic mass is 10.0. The Kier molecular flexibility index (Phi) is 6.50. The number of likely N-dealkylation sites (N-methyl/N-ethyl adjacent to an activating group) is 1. The van der Waals surface area contributed by atoms with Gasteiger partial charge in [-0.1, -0.05) is 6.07 Å². The number of aliphatic hydroxyl groups excluding tert-OH is 1. The third-order valence-electron chi connectivity index (χ3n) is 6.37. The highest BCUT2D eigenvalue weighted by molar-refractivity contribution is 6.04. The average Bonchev–Trinajstić information content (AvgIpc) is 3.47. The largest absolute Gasteiger partial charge is 0.391 e. The number of benzene rings is 1. The van der Waals surface area contributed by atoms with Gasteiger partial charge in [0, 0.05) is 19.5 Å². The highest BCUT2D eigenvalue weighted by Gasteiger charge is 2.28. The predicted molar refractivity (Wildman–Crippen MR) is 131 cm³/mol. The molecule has 0 aliphatic carbocycles. The average molecular weight is 489 g/mol. The number of nitriles is 1. The molecule has 1 aromatic carbocycles. The third kappa shape index (κ3) is 4.58. The van der Waals surface area contributed by atoms with Gasteiger partial charge in [0.25, 0.3) is 5.91 Å². The SMILES string of the molecule is CCN(CC1CC(O)CO1)c1ccc(Nc2cc(-c3c(F)cccc3C#N)nc3c2C(=O)NC3)nc1. The molecular weight excluding hydrogens is 463 g/mol. The maximum atomic E-state index is 14.7. The van der Waals surface area contributed by atoms with Crippen molar-refractivity contribution in [3.63, 3.8) is 0 Å². The monoisotopic (exact) mass is 488 g/mol. The van der Waals surface area contributed by atoms with Gasteiger partial charge < -0.3 is 25.4 Å². The van der Waals surface area contributed by atoms with Gasteiger partial charge in [-0.2, -0.15) is 5.26 Å². The Bertz CT molecular complexity index is 1340. The fourth-order valence-corrected chi connectivity index (χ4v) is 4.60. The number of hydrogen-bond acceptors (Lipinski definition) is 8. The minimum absolute atomic E-state index is 0.0363. The highest BCUT2D eigenvalue weighted by Crippen LogP contribution is 2.33. The van der Waals surface area contributed by atoms with E-state index >= 15 is 0 Å². The second-order valence-corrected chi connectivity index (χ2v) is 8.74. The van der Waals surface area contributed by atoms with E-state index in [1.54, 1.807) is 18.3 Å². The summed E-state index contributed by atoms with van der Waals surface area (Å²) in [7, 11) is 0. The van der Waals surface area contributed by atoms with Crippen molar-refractivity contribution in [2.45, 2.75) is 32.1 Å². The van der Waals surface area contributed by atoms with E-state index in [9.17, 15) is 19.6 Å². The molecule has 2 aromatic heterocycles. The number of fused-ring (bicyclic) bond motifs is 1. The molecule has 1 saturated heterocycles. The molecule has 0 bridgehead atoms. The zero-order chi connectivity index (χ0) is 25.2. The first kappa shape index (κ1) is 23.7. The van der Waals surface area contributed by atoms with E-state index in [4.69, 9.17) is 4.74 Å². The number of aliphatic hydroxyl groups is 1. The van der Waals surface area contributed by atoms with Crippen LogP contribution < -0.4 is 15.5 Å². The van der Waals surface area contributed by atoms with Gasteiger partial charge in [0.15, 0.2) is 0 Å². The molecule has 184 valence electrons. The molecule has 2 aliphatic heterocycles. The molecule has 2 unspecified atom stereocenters. The zero-order valence-corrected chi connectivity index (χ0v) is 19.7. The summed E-state index contributed by atoms with van der Waals surface area (Å²) in [6.07, 6.45) is 1.88. The summed E-state index contributed by atoms with van der Waals surface area (Å²) in [5, 5.41) is 25.1. The lowest BCUT2D eigenvalue weighted by Crippen LogP contribution is -2.32. The number of carbonyl (C=O) groups is 1. The number of pyridine rings is 2. The standard InChI is InChI=1S/C26H25FN6O3/c1-2-33(13-18-8-17(34)14-36-18)16-6-7-23(29-11-16)32-21-9-20(31-22-12-30-26(35)25(21)22)24-15(10-28)4-3-5-19(24)27/h3-7,9,11,17-18,34H,2,8,12-14H2,1H3,(H,30,35)(H,29,31,32). The number of nitrogens with zero attached hydrogens (tertiary/aromatic N) is 4. The Morgan fingerprint density at radius 2 is 2.19 bits per heavy atom. The number of ether oxygens (including phenoxy) is 1. The number of carbonyl (C=O) groups excluding carboxylic acids is 1. The topological polar surface area (TPSA) is 123 Å². The normalized spacial score (nSPS) is 18.4. The van der Waals surface area contributed by atoms with Gasteiger partial charge >= 0.3 is 0 Å². The Hall–Kier alpha value is -4.07. The van der Waals surface area contributed by atoms with Crippen molar-refractivity contribution in [3.05, 3.63) is 65.2 Å². The smallest absolute Gasteiger partial charge is 0.255 e. The molecule has 1 amide bonds. The first-order valence-electron chi connectivity index (χ1n) is 11.8. The Morgan fingerprint density at radius 3 is 2.89 bits per heavy atom. The molecule has 0 radical (unpaired) electrons. The molecule has 3 aromatic rings. The van der Waals surface area contributed by atoms with E-state index in [1.807, 2.05) is 19.1 Å². The van der Waals surface area contributed by atoms with Crippen LogP contribution in [0.15, 0.2) is 42.6 Å². The highest BCUT2D eigenvalue weighted by atomic mass is 19.1. The van der Waals surface area contributed by atoms with Gasteiger partial charge in [0.2, 0.25) is 0 Å². The Morgan fingerprint density at radius 1 is 1.33 bits per heavy atom. The van der Waals surface area contributed by atoms with E-state index < -0.39 is 11.9 Å². The fourth-order valence-electron chi connectivity index (χ4n) is 4.60. The third-order valence-corrected chi connectivity index (χ3v) is 6.37. The number of halogens is 1. The van der Waals surface area contributed by atoms with Crippen LogP contribution >= 0.6 is 0 Å². The van der Waals surface area contributed by atoms with Crippen LogP contribution in [-0.2, 0) is 11.3 Å². The van der Waals surface area contributed by atoms with Gasteiger partial charge in [0.1, 0.15) is 11.6 Å². The van der Waals surface area contributed by atoms with Gasteiger partial charge in [-0.05, 0) is 37.3 Å². The molecule has 3 N–H and O–H groups in total. The van der Waals surface area contributed by atoms with Gasteiger partial charge in [-0.15, -0.1) is 0 Å². The quantitative estimate of drug-likeness (QED) is 0.464. The van der Waals surface area contributed by atoms with Crippen LogP contribution in [0.25, 0.3) is 11.3 Å². The number of amides is 1. The summed E-state index contributed by atoms with van der Waals surface area (Å²) < 4.78 is 20.3. The summed E-state index contributed by atoms with van der Waals surface area (Å²) >= 11 is 0.